The van der Waals surface area contributed by atoms with Crippen LogP contribution in [0, 0.1) is 0 Å². The Labute approximate surface area is 116 Å². The predicted octanol–water partition coefficient (Wildman–Crippen LogP) is 2.75. The molecule has 1 heterocycles. The van der Waals surface area contributed by atoms with Crippen molar-refractivity contribution in [1.82, 2.24) is 4.90 Å². The zero-order chi connectivity index (χ0) is 12.8. The smallest absolute Gasteiger partial charge is 0.168 e. The van der Waals surface area contributed by atoms with E-state index in [0.717, 1.165) is 32.1 Å². The van der Waals surface area contributed by atoms with Crippen molar-refractivity contribution >= 4 is 11.8 Å². The van der Waals surface area contributed by atoms with E-state index in [1.807, 2.05) is 11.8 Å². The number of rotatable bonds is 6. The normalized spacial score (nSPS) is 24.2. The lowest BCUT2D eigenvalue weighted by Crippen LogP contribution is -2.43. The van der Waals surface area contributed by atoms with Gasteiger partial charge in [-0.2, -0.15) is 11.8 Å². The van der Waals surface area contributed by atoms with Gasteiger partial charge in [-0.1, -0.05) is 6.92 Å². The zero-order valence-corrected chi connectivity index (χ0v) is 12.6. The van der Waals surface area contributed by atoms with E-state index in [0.29, 0.717) is 0 Å². The maximum atomic E-state index is 5.78. The topological polar surface area (TPSA) is 21.7 Å². The minimum absolute atomic E-state index is 0.199. The molecule has 1 saturated heterocycles. The van der Waals surface area contributed by atoms with E-state index in [2.05, 4.69) is 18.9 Å². The third-order valence-corrected chi connectivity index (χ3v) is 5.14. The lowest BCUT2D eigenvalue weighted by molar-refractivity contribution is -0.183. The standard InChI is InChI=1S/C14H27NO2S/c1-3-18-12-4-9-15(2)13-5-7-14(8-6-13)16-10-11-17-14/h13H,3-12H2,1-2H3. The van der Waals surface area contributed by atoms with Gasteiger partial charge in [-0.25, -0.2) is 0 Å². The van der Waals surface area contributed by atoms with Crippen molar-refractivity contribution in [2.75, 3.05) is 38.3 Å². The van der Waals surface area contributed by atoms with Gasteiger partial charge >= 0.3 is 0 Å². The molecule has 2 fully saturated rings. The second kappa shape index (κ2) is 7.13. The Bertz CT molecular complexity index is 234. The summed E-state index contributed by atoms with van der Waals surface area (Å²) >= 11 is 2.05. The molecule has 1 saturated carbocycles. The van der Waals surface area contributed by atoms with Gasteiger partial charge in [0.05, 0.1) is 13.2 Å². The number of ether oxygens (including phenoxy) is 2. The Hall–Kier alpha value is 0.230. The van der Waals surface area contributed by atoms with Crippen molar-refractivity contribution in [3.8, 4) is 0 Å². The first-order chi connectivity index (χ1) is 8.76. The highest BCUT2D eigenvalue weighted by atomic mass is 32.2. The molecule has 0 N–H and O–H groups in total. The molecule has 106 valence electrons. The van der Waals surface area contributed by atoms with Crippen LogP contribution in [0.15, 0.2) is 0 Å². The molecule has 0 aromatic heterocycles. The highest BCUT2D eigenvalue weighted by Crippen LogP contribution is 2.37. The van der Waals surface area contributed by atoms with Crippen molar-refractivity contribution < 1.29 is 9.47 Å². The van der Waals surface area contributed by atoms with Crippen molar-refractivity contribution in [2.24, 2.45) is 0 Å². The summed E-state index contributed by atoms with van der Waals surface area (Å²) < 4.78 is 11.6. The maximum Gasteiger partial charge on any atom is 0.168 e. The molecule has 1 aliphatic carbocycles. The SMILES string of the molecule is CCSCCCN(C)C1CCC2(CC1)OCCO2. The second-order valence-corrected chi connectivity index (χ2v) is 6.76. The van der Waals surface area contributed by atoms with Crippen molar-refractivity contribution in [2.45, 2.75) is 50.9 Å². The quantitative estimate of drug-likeness (QED) is 0.694. The Morgan fingerprint density at radius 3 is 2.50 bits per heavy atom. The largest absolute Gasteiger partial charge is 0.348 e. The first-order valence-electron chi connectivity index (χ1n) is 7.32. The van der Waals surface area contributed by atoms with E-state index in [4.69, 9.17) is 9.47 Å². The molecule has 0 aromatic carbocycles. The van der Waals surface area contributed by atoms with E-state index in [9.17, 15) is 0 Å². The molecule has 1 aliphatic heterocycles. The van der Waals surface area contributed by atoms with Gasteiger partial charge in [-0.05, 0) is 44.4 Å². The zero-order valence-electron chi connectivity index (χ0n) is 11.8. The first-order valence-corrected chi connectivity index (χ1v) is 8.47. The van der Waals surface area contributed by atoms with Crippen LogP contribution in [0.2, 0.25) is 0 Å². The molecular weight excluding hydrogens is 246 g/mol. The summed E-state index contributed by atoms with van der Waals surface area (Å²) in [5.41, 5.74) is 0. The van der Waals surface area contributed by atoms with Gasteiger partial charge in [0.25, 0.3) is 0 Å². The van der Waals surface area contributed by atoms with Crippen LogP contribution in [0.4, 0.5) is 0 Å². The third-order valence-electron chi connectivity index (χ3n) is 4.16. The number of thioether (sulfide) groups is 1. The van der Waals surface area contributed by atoms with Crippen molar-refractivity contribution in [3.63, 3.8) is 0 Å². The fourth-order valence-electron chi connectivity index (χ4n) is 3.01. The molecule has 4 heteroatoms. The number of nitrogens with zero attached hydrogens (tertiary/aromatic N) is 1. The van der Waals surface area contributed by atoms with Crippen LogP contribution in [0.5, 0.6) is 0 Å². The molecule has 0 unspecified atom stereocenters. The van der Waals surface area contributed by atoms with Gasteiger partial charge in [-0.15, -0.1) is 0 Å². The summed E-state index contributed by atoms with van der Waals surface area (Å²) in [7, 11) is 2.27. The summed E-state index contributed by atoms with van der Waals surface area (Å²) in [6.45, 7) is 5.03. The molecule has 18 heavy (non-hydrogen) atoms. The molecule has 0 amide bonds. The maximum absolute atomic E-state index is 5.78. The Balaban J connectivity index is 1.65. The summed E-state index contributed by atoms with van der Waals surface area (Å²) in [5, 5.41) is 0. The molecule has 3 nitrogen and oxygen atoms in total. The lowest BCUT2D eigenvalue weighted by atomic mass is 9.89. The van der Waals surface area contributed by atoms with Crippen LogP contribution in [0.25, 0.3) is 0 Å². The Morgan fingerprint density at radius 2 is 1.89 bits per heavy atom. The van der Waals surface area contributed by atoms with E-state index in [-0.39, 0.29) is 5.79 Å². The summed E-state index contributed by atoms with van der Waals surface area (Å²) in [4.78, 5) is 2.54. The Morgan fingerprint density at radius 1 is 1.22 bits per heavy atom. The van der Waals surface area contributed by atoms with Crippen LogP contribution in [0.3, 0.4) is 0 Å². The fraction of sp³-hybridized carbons (Fsp3) is 1.00. The van der Waals surface area contributed by atoms with Gasteiger partial charge in [0.2, 0.25) is 0 Å². The molecule has 0 aromatic rings. The third kappa shape index (κ3) is 3.86. The van der Waals surface area contributed by atoms with Gasteiger partial charge < -0.3 is 14.4 Å². The molecule has 0 bridgehead atoms. The van der Waals surface area contributed by atoms with E-state index >= 15 is 0 Å². The van der Waals surface area contributed by atoms with E-state index < -0.39 is 0 Å². The van der Waals surface area contributed by atoms with Crippen LogP contribution < -0.4 is 0 Å². The predicted molar refractivity (Wildman–Crippen MR) is 77.1 cm³/mol. The fourth-order valence-corrected chi connectivity index (χ4v) is 3.63. The minimum Gasteiger partial charge on any atom is -0.348 e. The van der Waals surface area contributed by atoms with E-state index in [1.165, 1.54) is 37.3 Å². The molecular formula is C14H27NO2S. The average molecular weight is 273 g/mol. The molecule has 2 aliphatic rings. The lowest BCUT2D eigenvalue weighted by Gasteiger charge is -2.39. The molecule has 0 radical (unpaired) electrons. The van der Waals surface area contributed by atoms with Gasteiger partial charge in [0, 0.05) is 18.9 Å². The summed E-state index contributed by atoms with van der Waals surface area (Å²) in [6.07, 6.45) is 5.90. The van der Waals surface area contributed by atoms with Gasteiger partial charge in [0.15, 0.2) is 5.79 Å². The first kappa shape index (κ1) is 14.6. The van der Waals surface area contributed by atoms with E-state index in [1.54, 1.807) is 0 Å². The van der Waals surface area contributed by atoms with Crippen LogP contribution >= 0.6 is 11.8 Å². The van der Waals surface area contributed by atoms with Crippen molar-refractivity contribution in [3.05, 3.63) is 0 Å². The molecule has 1 spiro atoms. The average Bonchev–Trinajstić information content (AvgIpc) is 2.84. The molecule has 2 rings (SSSR count). The highest BCUT2D eigenvalue weighted by Gasteiger charge is 2.40. The van der Waals surface area contributed by atoms with Crippen LogP contribution in [-0.4, -0.2) is 55.0 Å². The van der Waals surface area contributed by atoms with Gasteiger partial charge in [0.1, 0.15) is 0 Å². The van der Waals surface area contributed by atoms with Crippen LogP contribution in [0.1, 0.15) is 39.0 Å². The summed E-state index contributed by atoms with van der Waals surface area (Å²) in [6, 6.07) is 0.732. The molecule has 0 atom stereocenters. The van der Waals surface area contributed by atoms with Crippen LogP contribution in [-0.2, 0) is 9.47 Å². The second-order valence-electron chi connectivity index (χ2n) is 5.37. The Kier molecular flexibility index (Phi) is 5.80. The monoisotopic (exact) mass is 273 g/mol. The van der Waals surface area contributed by atoms with Crippen molar-refractivity contribution in [1.29, 1.82) is 0 Å². The summed E-state index contributed by atoms with van der Waals surface area (Å²) in [5.74, 6) is 2.34. The highest BCUT2D eigenvalue weighted by molar-refractivity contribution is 7.99. The minimum atomic E-state index is -0.199. The number of hydrogen-bond acceptors (Lipinski definition) is 4. The van der Waals surface area contributed by atoms with Gasteiger partial charge in [-0.3, -0.25) is 0 Å². The number of hydrogen-bond donors (Lipinski definition) is 0.